The summed E-state index contributed by atoms with van der Waals surface area (Å²) in [5, 5.41) is 0.704. The van der Waals surface area contributed by atoms with E-state index in [1.54, 1.807) is 12.1 Å². The van der Waals surface area contributed by atoms with Crippen LogP contribution in [0.25, 0.3) is 0 Å². The van der Waals surface area contributed by atoms with Gasteiger partial charge in [-0.2, -0.15) is 0 Å². The molecule has 62 valence electrons. The number of halogens is 1. The average molecular weight is 181 g/mol. The first-order valence-corrected chi connectivity index (χ1v) is 3.97. The molecule has 1 aromatic carbocycles. The summed E-state index contributed by atoms with van der Waals surface area (Å²) in [5.41, 5.74) is 1.63. The number of allylic oxidation sites excluding steroid dienone is 1. The summed E-state index contributed by atoms with van der Waals surface area (Å²) < 4.78 is 0. The number of carbonyl (C=O) groups excluding carboxylic acids is 1. The standard InChI is InChI=1S/C10H9ClO/c1-8(7-12)6-9-2-4-10(11)5-3-9/h2-5,7H,1,6H2. The molecule has 0 saturated heterocycles. The molecule has 0 bridgehead atoms. The van der Waals surface area contributed by atoms with Crippen LogP contribution in [0.3, 0.4) is 0 Å². The fraction of sp³-hybridized carbons (Fsp3) is 0.100. The predicted octanol–water partition coefficient (Wildman–Crippen LogP) is 2.64. The van der Waals surface area contributed by atoms with Gasteiger partial charge in [0.25, 0.3) is 0 Å². The maximum atomic E-state index is 10.3. The highest BCUT2D eigenvalue weighted by Crippen LogP contribution is 2.11. The molecule has 1 rings (SSSR count). The van der Waals surface area contributed by atoms with Crippen LogP contribution in [0.1, 0.15) is 5.56 Å². The van der Waals surface area contributed by atoms with Gasteiger partial charge in [-0.25, -0.2) is 0 Å². The lowest BCUT2D eigenvalue weighted by Gasteiger charge is -1.98. The zero-order chi connectivity index (χ0) is 8.97. The molecule has 0 spiro atoms. The number of carbonyl (C=O) groups is 1. The largest absolute Gasteiger partial charge is 0.298 e. The third kappa shape index (κ3) is 2.51. The predicted molar refractivity (Wildman–Crippen MR) is 50.4 cm³/mol. The van der Waals surface area contributed by atoms with Crippen molar-refractivity contribution in [2.24, 2.45) is 0 Å². The van der Waals surface area contributed by atoms with Gasteiger partial charge in [-0.1, -0.05) is 30.3 Å². The van der Waals surface area contributed by atoms with Gasteiger partial charge in [-0.3, -0.25) is 4.79 Å². The normalized spacial score (nSPS) is 9.42. The molecular formula is C10H9ClO. The van der Waals surface area contributed by atoms with Crippen LogP contribution < -0.4 is 0 Å². The van der Waals surface area contributed by atoms with E-state index in [-0.39, 0.29) is 0 Å². The van der Waals surface area contributed by atoms with Crippen molar-refractivity contribution in [3.63, 3.8) is 0 Å². The van der Waals surface area contributed by atoms with E-state index in [4.69, 9.17) is 11.6 Å². The fourth-order valence-electron chi connectivity index (χ4n) is 0.906. The van der Waals surface area contributed by atoms with Crippen molar-refractivity contribution in [3.05, 3.63) is 47.0 Å². The van der Waals surface area contributed by atoms with Crippen molar-refractivity contribution in [2.45, 2.75) is 6.42 Å². The zero-order valence-electron chi connectivity index (χ0n) is 6.59. The van der Waals surface area contributed by atoms with E-state index in [0.29, 0.717) is 17.0 Å². The van der Waals surface area contributed by atoms with E-state index >= 15 is 0 Å². The van der Waals surface area contributed by atoms with E-state index < -0.39 is 0 Å². The number of rotatable bonds is 3. The van der Waals surface area contributed by atoms with Crippen LogP contribution in [0, 0.1) is 0 Å². The molecule has 0 atom stereocenters. The molecule has 0 aliphatic carbocycles. The molecule has 0 radical (unpaired) electrons. The van der Waals surface area contributed by atoms with Gasteiger partial charge in [0.1, 0.15) is 6.29 Å². The van der Waals surface area contributed by atoms with Gasteiger partial charge in [0.05, 0.1) is 0 Å². The lowest BCUT2D eigenvalue weighted by molar-refractivity contribution is -0.104. The molecule has 1 nitrogen and oxygen atoms in total. The SMILES string of the molecule is C=C(C=O)Cc1ccc(Cl)cc1. The van der Waals surface area contributed by atoms with E-state index in [0.717, 1.165) is 11.8 Å². The molecule has 2 heteroatoms. The summed E-state index contributed by atoms with van der Waals surface area (Å²) in [6.07, 6.45) is 1.37. The summed E-state index contributed by atoms with van der Waals surface area (Å²) in [6.45, 7) is 3.59. The first-order valence-electron chi connectivity index (χ1n) is 3.60. The average Bonchev–Trinajstić information content (AvgIpc) is 2.09. The molecule has 0 N–H and O–H groups in total. The van der Waals surface area contributed by atoms with Crippen molar-refractivity contribution < 1.29 is 4.79 Å². The van der Waals surface area contributed by atoms with Crippen LogP contribution in [0.5, 0.6) is 0 Å². The Morgan fingerprint density at radius 1 is 1.42 bits per heavy atom. The molecule has 1 aromatic rings. The Hall–Kier alpha value is -1.08. The maximum absolute atomic E-state index is 10.3. The Balaban J connectivity index is 2.71. The Bertz CT molecular complexity index is 287. The number of aldehydes is 1. The quantitative estimate of drug-likeness (QED) is 0.516. The molecular weight excluding hydrogens is 172 g/mol. The lowest BCUT2D eigenvalue weighted by Crippen LogP contribution is -1.89. The topological polar surface area (TPSA) is 17.1 Å². The summed E-state index contributed by atoms with van der Waals surface area (Å²) in [6, 6.07) is 7.37. The minimum Gasteiger partial charge on any atom is -0.298 e. The minimum absolute atomic E-state index is 0.581. The van der Waals surface area contributed by atoms with Crippen LogP contribution in [0.2, 0.25) is 5.02 Å². The molecule has 0 unspecified atom stereocenters. The van der Waals surface area contributed by atoms with Gasteiger partial charge in [-0.15, -0.1) is 0 Å². The number of hydrogen-bond donors (Lipinski definition) is 0. The summed E-state index contributed by atoms with van der Waals surface area (Å²) in [7, 11) is 0. The molecule has 12 heavy (non-hydrogen) atoms. The monoisotopic (exact) mass is 180 g/mol. The molecule has 0 aliphatic rings. The first-order chi connectivity index (χ1) is 5.72. The van der Waals surface area contributed by atoms with E-state index in [9.17, 15) is 4.79 Å². The Kier molecular flexibility index (Phi) is 3.06. The zero-order valence-corrected chi connectivity index (χ0v) is 7.34. The van der Waals surface area contributed by atoms with Gasteiger partial charge in [0, 0.05) is 11.4 Å². The molecule has 0 fully saturated rings. The van der Waals surface area contributed by atoms with Crippen molar-refractivity contribution in [2.75, 3.05) is 0 Å². The van der Waals surface area contributed by atoms with Crippen LogP contribution in [-0.4, -0.2) is 6.29 Å². The van der Waals surface area contributed by atoms with Gasteiger partial charge < -0.3 is 0 Å². The van der Waals surface area contributed by atoms with Crippen LogP contribution in [0.15, 0.2) is 36.4 Å². The van der Waals surface area contributed by atoms with E-state index in [1.165, 1.54) is 0 Å². The molecule has 0 saturated carbocycles. The second-order valence-electron chi connectivity index (χ2n) is 2.58. The van der Waals surface area contributed by atoms with Crippen LogP contribution in [0.4, 0.5) is 0 Å². The highest BCUT2D eigenvalue weighted by molar-refractivity contribution is 6.30. The van der Waals surface area contributed by atoms with Crippen LogP contribution >= 0.6 is 11.6 Å². The highest BCUT2D eigenvalue weighted by atomic mass is 35.5. The van der Waals surface area contributed by atoms with Crippen molar-refractivity contribution in [1.29, 1.82) is 0 Å². The molecule has 0 aromatic heterocycles. The minimum atomic E-state index is 0.581. The summed E-state index contributed by atoms with van der Waals surface area (Å²) in [4.78, 5) is 10.3. The third-order valence-electron chi connectivity index (χ3n) is 1.51. The molecule has 0 heterocycles. The molecule has 0 amide bonds. The van der Waals surface area contributed by atoms with Gasteiger partial charge >= 0.3 is 0 Å². The van der Waals surface area contributed by atoms with Gasteiger partial charge in [0.15, 0.2) is 0 Å². The smallest absolute Gasteiger partial charge is 0.145 e. The third-order valence-corrected chi connectivity index (χ3v) is 1.76. The Labute approximate surface area is 76.7 Å². The lowest BCUT2D eigenvalue weighted by atomic mass is 10.1. The number of hydrogen-bond acceptors (Lipinski definition) is 1. The Morgan fingerprint density at radius 3 is 2.50 bits per heavy atom. The molecule has 0 aliphatic heterocycles. The highest BCUT2D eigenvalue weighted by Gasteiger charge is 1.95. The van der Waals surface area contributed by atoms with Crippen LogP contribution in [-0.2, 0) is 11.2 Å². The Morgan fingerprint density at radius 2 is 2.00 bits per heavy atom. The van der Waals surface area contributed by atoms with Crippen molar-refractivity contribution in [3.8, 4) is 0 Å². The van der Waals surface area contributed by atoms with Crippen molar-refractivity contribution >= 4 is 17.9 Å². The van der Waals surface area contributed by atoms with Gasteiger partial charge in [0.2, 0.25) is 0 Å². The second-order valence-corrected chi connectivity index (χ2v) is 3.02. The number of benzene rings is 1. The fourth-order valence-corrected chi connectivity index (χ4v) is 1.03. The van der Waals surface area contributed by atoms with Crippen molar-refractivity contribution in [1.82, 2.24) is 0 Å². The summed E-state index contributed by atoms with van der Waals surface area (Å²) >= 11 is 5.69. The van der Waals surface area contributed by atoms with E-state index in [1.807, 2.05) is 12.1 Å². The summed E-state index contributed by atoms with van der Waals surface area (Å²) in [5.74, 6) is 0. The second kappa shape index (κ2) is 4.07. The van der Waals surface area contributed by atoms with E-state index in [2.05, 4.69) is 6.58 Å². The first kappa shape index (κ1) is 9.01. The van der Waals surface area contributed by atoms with Gasteiger partial charge in [-0.05, 0) is 23.3 Å². The maximum Gasteiger partial charge on any atom is 0.145 e.